The van der Waals surface area contributed by atoms with E-state index in [4.69, 9.17) is 0 Å². The summed E-state index contributed by atoms with van der Waals surface area (Å²) in [5.74, 6) is 1.64. The Bertz CT molecular complexity index is 4100. The third kappa shape index (κ3) is 17.5. The predicted molar refractivity (Wildman–Crippen MR) is 528 cm³/mol. The van der Waals surface area contributed by atoms with Crippen LogP contribution in [0.2, 0.25) is 0 Å². The molecule has 8 aromatic rings. The highest BCUT2D eigenvalue weighted by Gasteiger charge is 2.44. The molecule has 8 saturated carbocycles. The van der Waals surface area contributed by atoms with Crippen LogP contribution in [0.25, 0.3) is 0 Å². The second-order valence-corrected chi connectivity index (χ2v) is 44.1. The van der Waals surface area contributed by atoms with Crippen LogP contribution in [-0.2, 0) is 94.7 Å². The van der Waals surface area contributed by atoms with Crippen molar-refractivity contribution in [2.24, 2.45) is 0 Å². The van der Waals surface area contributed by atoms with E-state index in [1.807, 2.05) is 0 Å². The minimum Gasteiger partial charge on any atom is -0.507 e. The molecule has 0 aliphatic heterocycles. The quantitative estimate of drug-likeness (QED) is 0.0474. The van der Waals surface area contributed by atoms with E-state index in [1.165, 1.54) is 95.9 Å². The zero-order valence-electron chi connectivity index (χ0n) is 80.4. The molecular weight excluding hydrogens is 1570 g/mol. The Labute approximate surface area is 770 Å². The molecule has 9 aliphatic carbocycles. The van der Waals surface area contributed by atoms with E-state index in [1.54, 1.807) is 0 Å². The Morgan fingerprint density at radius 2 is 0.219 bits per heavy atom. The lowest BCUT2D eigenvalue weighted by Crippen LogP contribution is -2.29. The van der Waals surface area contributed by atoms with E-state index < -0.39 is 0 Å². The fourth-order valence-electron chi connectivity index (χ4n) is 28.9. The van der Waals surface area contributed by atoms with E-state index in [2.05, 4.69) is 152 Å². The summed E-state index contributed by atoms with van der Waals surface area (Å²) in [4.78, 5) is 0. The highest BCUT2D eigenvalue weighted by Crippen LogP contribution is 2.57. The lowest BCUT2D eigenvalue weighted by molar-refractivity contribution is 0.282. The average molecular weight is 1730 g/mol. The number of phenols is 8. The summed E-state index contributed by atoms with van der Waals surface area (Å²) < 4.78 is 0. The summed E-state index contributed by atoms with van der Waals surface area (Å²) in [6, 6.07) is 37.0. The molecule has 16 bridgehead atoms. The second kappa shape index (κ2) is 38.4. The van der Waals surface area contributed by atoms with Gasteiger partial charge in [-0.05, 0) is 331 Å². The molecule has 0 saturated heterocycles. The van der Waals surface area contributed by atoms with Gasteiger partial charge in [0.15, 0.2) is 0 Å². The molecule has 9 aliphatic rings. The van der Waals surface area contributed by atoms with E-state index >= 15 is 0 Å². The SMILES string of the molecule is CCC1(c2cc3c(O)c(c2)Cc2cc(C4(CC)CCCCC4)cc(c2O)Cc2cc(C4(CC)CCCCC4)cc(c2O)Cc2cc(C4(CC)CCCCC4)cc(c2O)Cc2cc(C4(CC)CCCCC4)cc(c2O)Cc2cc(C4(CC)CCCCC4)cc(c2O)Cc2cc(C4(CC)CCCCC4)cc(c2O)Cc2cc(C4(CC)CCCCC4)cc(c2O)C3)CCCCC1. The van der Waals surface area contributed by atoms with Gasteiger partial charge < -0.3 is 40.9 Å². The maximum Gasteiger partial charge on any atom is 0.122 e. The molecule has 0 heterocycles. The number of hydrogen-bond donors (Lipinski definition) is 8. The summed E-state index contributed by atoms with van der Waals surface area (Å²) in [5.41, 5.74) is 21.2. The molecule has 0 atom stereocenters. The third-order valence-corrected chi connectivity index (χ3v) is 38.0. The van der Waals surface area contributed by atoms with Gasteiger partial charge in [-0.3, -0.25) is 0 Å². The van der Waals surface area contributed by atoms with Crippen LogP contribution in [0.3, 0.4) is 0 Å². The standard InChI is InChI=1S/C120H160O8/c1-9-113(41-25-17-26-42-113)97-65-81-57-83-67-98(114(10-2)43-27-18-28-44-114)69-85(106(83)122)59-87-71-100(116(12-4)47-31-20-32-48-116)73-89(108(87)124)61-91-75-102(118(14-6)51-35-22-36-52-118)77-93(110(91)126)63-95-79-104(120(16-8)55-39-24-40-56-120)80-96(112(95)128)64-94-78-103(119(15-7)53-37-23-38-54-119)76-92(111(94)127)62-90-74-101(117(13-5)49-33-21-34-50-117)72-88(109(90)125)60-86-70-99(115(11-3)45-29-19-30-46-115)68-84(107(86)123)58-82(66-97)105(81)121/h65-80,121-128H,9-64H2,1-8H3. The van der Waals surface area contributed by atoms with Crippen molar-refractivity contribution in [1.82, 2.24) is 0 Å². The van der Waals surface area contributed by atoms with Crippen molar-refractivity contribution in [3.05, 3.63) is 231 Å². The Morgan fingerprint density at radius 3 is 0.289 bits per heavy atom. The maximum atomic E-state index is 13.8. The molecule has 8 nitrogen and oxygen atoms in total. The van der Waals surface area contributed by atoms with Gasteiger partial charge in [-0.25, -0.2) is 0 Å². The second-order valence-electron chi connectivity index (χ2n) is 44.1. The first-order chi connectivity index (χ1) is 62.0. The van der Waals surface area contributed by atoms with Gasteiger partial charge in [0.05, 0.1) is 0 Å². The van der Waals surface area contributed by atoms with Crippen molar-refractivity contribution >= 4 is 0 Å². The monoisotopic (exact) mass is 1730 g/mol. The van der Waals surface area contributed by atoms with Gasteiger partial charge in [0.2, 0.25) is 0 Å². The van der Waals surface area contributed by atoms with Gasteiger partial charge in [0, 0.05) is 51.4 Å². The summed E-state index contributed by atoms with van der Waals surface area (Å²) in [6.45, 7) is 18.8. The third-order valence-electron chi connectivity index (χ3n) is 38.0. The molecule has 8 aromatic carbocycles. The van der Waals surface area contributed by atoms with Gasteiger partial charge in [0.25, 0.3) is 0 Å². The van der Waals surface area contributed by atoms with E-state index in [9.17, 15) is 40.9 Å². The molecule has 0 radical (unpaired) electrons. The Morgan fingerprint density at radius 1 is 0.141 bits per heavy atom. The summed E-state index contributed by atoms with van der Waals surface area (Å²) in [6.07, 6.45) is 54.2. The Hall–Kier alpha value is -7.84. The summed E-state index contributed by atoms with van der Waals surface area (Å²) in [5, 5.41) is 110. The molecule has 0 unspecified atom stereocenters. The van der Waals surface area contributed by atoms with E-state index in [0.29, 0.717) is 0 Å². The Kier molecular flexibility index (Phi) is 27.6. The topological polar surface area (TPSA) is 162 Å². The minimum absolute atomic E-state index is 0.133. The van der Waals surface area contributed by atoms with Crippen LogP contribution in [0, 0.1) is 0 Å². The van der Waals surface area contributed by atoms with Gasteiger partial charge >= 0.3 is 0 Å². The molecule has 8 fully saturated rings. The molecular formula is C120H160O8. The molecule has 17 rings (SSSR count). The number of phenolic OH excluding ortho intramolecular Hbond substituents is 8. The lowest BCUT2D eigenvalue weighted by Gasteiger charge is -2.39. The predicted octanol–water partition coefficient (Wildman–Crippen LogP) is 31.3. The number of benzene rings is 8. The van der Waals surface area contributed by atoms with Crippen LogP contribution in [0.15, 0.2) is 97.1 Å². The molecule has 0 spiro atoms. The van der Waals surface area contributed by atoms with Crippen molar-refractivity contribution in [3.8, 4) is 46.0 Å². The molecule has 8 heteroatoms. The summed E-state index contributed by atoms with van der Waals surface area (Å²) >= 11 is 0. The molecule has 0 aromatic heterocycles. The highest BCUT2D eigenvalue weighted by atomic mass is 16.3. The first-order valence-corrected chi connectivity index (χ1v) is 52.8. The normalized spacial score (nSPS) is 21.6. The van der Waals surface area contributed by atoms with Crippen LogP contribution in [0.1, 0.15) is 497 Å². The molecule has 0 amide bonds. The summed E-state index contributed by atoms with van der Waals surface area (Å²) in [7, 11) is 0. The first kappa shape index (κ1) is 92.0. The van der Waals surface area contributed by atoms with Crippen molar-refractivity contribution in [3.63, 3.8) is 0 Å². The van der Waals surface area contributed by atoms with E-state index in [-0.39, 0.29) is 141 Å². The van der Waals surface area contributed by atoms with Gasteiger partial charge in [0.1, 0.15) is 46.0 Å². The number of aromatic hydroxyl groups is 8. The van der Waals surface area contributed by atoms with Crippen LogP contribution in [0.5, 0.6) is 46.0 Å². The fourth-order valence-corrected chi connectivity index (χ4v) is 28.9. The zero-order chi connectivity index (χ0) is 89.4. The van der Waals surface area contributed by atoms with Crippen LogP contribution in [0.4, 0.5) is 0 Å². The smallest absolute Gasteiger partial charge is 0.122 e. The van der Waals surface area contributed by atoms with Crippen molar-refractivity contribution < 1.29 is 40.9 Å². The van der Waals surface area contributed by atoms with Gasteiger partial charge in [-0.1, -0.05) is 307 Å². The van der Waals surface area contributed by atoms with Crippen LogP contribution < -0.4 is 0 Å². The fraction of sp³-hybridized carbons (Fsp3) is 0.600. The van der Waals surface area contributed by atoms with Crippen LogP contribution in [-0.4, -0.2) is 40.9 Å². The average Bonchev–Trinajstić information content (AvgIpc) is 0.762. The number of hydrogen-bond acceptors (Lipinski definition) is 8. The highest BCUT2D eigenvalue weighted by molar-refractivity contribution is 5.63. The maximum absolute atomic E-state index is 13.8. The van der Waals surface area contributed by atoms with Gasteiger partial charge in [-0.2, -0.15) is 0 Å². The number of rotatable bonds is 16. The van der Waals surface area contributed by atoms with Crippen molar-refractivity contribution in [2.45, 2.75) is 458 Å². The van der Waals surface area contributed by atoms with Crippen molar-refractivity contribution in [1.29, 1.82) is 0 Å². The van der Waals surface area contributed by atoms with Crippen LogP contribution >= 0.6 is 0 Å². The molecule has 128 heavy (non-hydrogen) atoms. The first-order valence-electron chi connectivity index (χ1n) is 52.8. The van der Waals surface area contributed by atoms with Gasteiger partial charge in [-0.15, -0.1) is 0 Å². The lowest BCUT2D eigenvalue weighted by atomic mass is 9.66. The minimum atomic E-state index is -0.133. The van der Waals surface area contributed by atoms with Crippen molar-refractivity contribution in [2.75, 3.05) is 0 Å². The largest absolute Gasteiger partial charge is 0.507 e. The number of fused-ring (bicyclic) bond motifs is 16. The molecule has 688 valence electrons. The van der Waals surface area contributed by atoms with E-state index in [0.717, 1.165) is 346 Å². The molecule has 8 N–H and O–H groups in total. The Balaban J connectivity index is 0.930. The zero-order valence-corrected chi connectivity index (χ0v) is 80.4.